The highest BCUT2D eigenvalue weighted by Gasteiger charge is 2.23. The Balaban J connectivity index is 1.75. The molecular weight excluding hydrogens is 304 g/mol. The minimum absolute atomic E-state index is 0.541. The lowest BCUT2D eigenvalue weighted by molar-refractivity contribution is 0.186. The number of aromatic nitrogens is 2. The Morgan fingerprint density at radius 1 is 1.39 bits per heavy atom. The van der Waals surface area contributed by atoms with Gasteiger partial charge in [-0.15, -0.1) is 11.3 Å². The molecule has 0 bridgehead atoms. The largest absolute Gasteiger partial charge is 0.331 e. The van der Waals surface area contributed by atoms with Gasteiger partial charge in [0.25, 0.3) is 0 Å². The standard InChI is InChI=1S/C18H26N4S/c1-13(2)11-22-7-4-5-15(12-22)17-10-16(9-14(3)20-17)21-18-19-6-8-23-18/h6,8-10,13,15H,4-5,7,11-12H2,1-3H3,(H,19,20,21). The number of nitrogens with one attached hydrogen (secondary N) is 1. The molecule has 23 heavy (non-hydrogen) atoms. The van der Waals surface area contributed by atoms with Crippen LogP contribution >= 0.6 is 11.3 Å². The number of aryl methyl sites for hydroxylation is 1. The van der Waals surface area contributed by atoms with Gasteiger partial charge in [-0.25, -0.2) is 4.98 Å². The number of hydrogen-bond donors (Lipinski definition) is 1. The number of piperidine rings is 1. The van der Waals surface area contributed by atoms with Crippen LogP contribution in [0.5, 0.6) is 0 Å². The van der Waals surface area contributed by atoms with E-state index in [1.807, 2.05) is 11.6 Å². The van der Waals surface area contributed by atoms with Crippen LogP contribution in [-0.2, 0) is 0 Å². The molecule has 5 heteroatoms. The van der Waals surface area contributed by atoms with Crippen LogP contribution in [0.15, 0.2) is 23.7 Å². The second-order valence-corrected chi connectivity index (χ2v) is 7.77. The molecule has 1 aliphatic heterocycles. The number of hydrogen-bond acceptors (Lipinski definition) is 5. The summed E-state index contributed by atoms with van der Waals surface area (Å²) in [6.07, 6.45) is 4.33. The molecule has 3 rings (SSSR count). The Hall–Kier alpha value is -1.46. The molecule has 1 saturated heterocycles. The number of likely N-dealkylation sites (tertiary alicyclic amines) is 1. The van der Waals surface area contributed by atoms with Crippen molar-refractivity contribution in [2.45, 2.75) is 39.5 Å². The van der Waals surface area contributed by atoms with E-state index < -0.39 is 0 Å². The molecule has 124 valence electrons. The van der Waals surface area contributed by atoms with Crippen molar-refractivity contribution in [3.05, 3.63) is 35.1 Å². The predicted octanol–water partition coefficient (Wildman–Crippen LogP) is 4.43. The molecule has 0 aromatic carbocycles. The first-order valence-electron chi connectivity index (χ1n) is 8.47. The highest BCUT2D eigenvalue weighted by atomic mass is 32.1. The van der Waals surface area contributed by atoms with Crippen molar-refractivity contribution in [1.82, 2.24) is 14.9 Å². The van der Waals surface area contributed by atoms with Crippen molar-refractivity contribution in [1.29, 1.82) is 0 Å². The topological polar surface area (TPSA) is 41.1 Å². The Morgan fingerprint density at radius 3 is 3.00 bits per heavy atom. The molecular formula is C18H26N4S. The van der Waals surface area contributed by atoms with Gasteiger partial charge in [0.05, 0.1) is 0 Å². The monoisotopic (exact) mass is 330 g/mol. The third kappa shape index (κ3) is 4.52. The molecule has 2 aromatic rings. The Bertz CT molecular complexity index is 624. The zero-order valence-corrected chi connectivity index (χ0v) is 15.1. The van der Waals surface area contributed by atoms with Crippen molar-refractivity contribution in [3.8, 4) is 0 Å². The first-order chi connectivity index (χ1) is 11.1. The maximum absolute atomic E-state index is 4.82. The zero-order chi connectivity index (χ0) is 16.2. The van der Waals surface area contributed by atoms with E-state index in [0.29, 0.717) is 5.92 Å². The molecule has 1 N–H and O–H groups in total. The summed E-state index contributed by atoms with van der Waals surface area (Å²) in [5.74, 6) is 1.26. The summed E-state index contributed by atoms with van der Waals surface area (Å²) in [5.41, 5.74) is 3.39. The summed E-state index contributed by atoms with van der Waals surface area (Å²) in [7, 11) is 0. The van der Waals surface area contributed by atoms with Gasteiger partial charge in [-0.1, -0.05) is 13.8 Å². The number of rotatable bonds is 5. The molecule has 1 aliphatic rings. The van der Waals surface area contributed by atoms with E-state index in [1.54, 1.807) is 11.3 Å². The van der Waals surface area contributed by atoms with Gasteiger partial charge in [0.15, 0.2) is 5.13 Å². The van der Waals surface area contributed by atoms with Gasteiger partial charge in [0, 0.05) is 47.7 Å². The molecule has 0 radical (unpaired) electrons. The second kappa shape index (κ2) is 7.41. The molecule has 3 heterocycles. The van der Waals surface area contributed by atoms with E-state index in [-0.39, 0.29) is 0 Å². The van der Waals surface area contributed by atoms with Crippen LogP contribution in [0.4, 0.5) is 10.8 Å². The van der Waals surface area contributed by atoms with Crippen molar-refractivity contribution in [3.63, 3.8) is 0 Å². The third-order valence-corrected chi connectivity index (χ3v) is 4.89. The van der Waals surface area contributed by atoms with Gasteiger partial charge in [0.1, 0.15) is 0 Å². The zero-order valence-electron chi connectivity index (χ0n) is 14.2. The van der Waals surface area contributed by atoms with E-state index in [0.717, 1.165) is 29.0 Å². The molecule has 1 unspecified atom stereocenters. The highest BCUT2D eigenvalue weighted by Crippen LogP contribution is 2.29. The van der Waals surface area contributed by atoms with Crippen molar-refractivity contribution in [2.75, 3.05) is 25.0 Å². The van der Waals surface area contributed by atoms with E-state index in [1.165, 1.54) is 31.6 Å². The summed E-state index contributed by atoms with van der Waals surface area (Å²) >= 11 is 1.62. The van der Waals surface area contributed by atoms with Gasteiger partial charge >= 0.3 is 0 Å². The summed E-state index contributed by atoms with van der Waals surface area (Å²) in [5, 5.41) is 6.33. The van der Waals surface area contributed by atoms with E-state index in [9.17, 15) is 0 Å². The Labute approximate surface area is 143 Å². The molecule has 1 atom stereocenters. The predicted molar refractivity (Wildman–Crippen MR) is 97.6 cm³/mol. The highest BCUT2D eigenvalue weighted by molar-refractivity contribution is 7.13. The summed E-state index contributed by atoms with van der Waals surface area (Å²) in [6.45, 7) is 10.2. The minimum atomic E-state index is 0.541. The molecule has 0 amide bonds. The lowest BCUT2D eigenvalue weighted by Gasteiger charge is -2.33. The Kier molecular flexibility index (Phi) is 5.28. The van der Waals surface area contributed by atoms with Crippen LogP contribution in [0.3, 0.4) is 0 Å². The SMILES string of the molecule is Cc1cc(Nc2nccs2)cc(C2CCCN(CC(C)C)C2)n1. The summed E-state index contributed by atoms with van der Waals surface area (Å²) in [4.78, 5) is 11.7. The number of pyridine rings is 1. The van der Waals surface area contributed by atoms with E-state index in [4.69, 9.17) is 4.98 Å². The van der Waals surface area contributed by atoms with Crippen LogP contribution in [0.1, 0.15) is 44.0 Å². The molecule has 0 aliphatic carbocycles. The molecule has 0 saturated carbocycles. The quantitative estimate of drug-likeness (QED) is 0.881. The fourth-order valence-electron chi connectivity index (χ4n) is 3.36. The van der Waals surface area contributed by atoms with Crippen molar-refractivity contribution < 1.29 is 0 Å². The number of thiazole rings is 1. The smallest absolute Gasteiger partial charge is 0.187 e. The molecule has 2 aromatic heterocycles. The van der Waals surface area contributed by atoms with E-state index in [2.05, 4.69) is 48.1 Å². The lowest BCUT2D eigenvalue weighted by atomic mass is 9.93. The van der Waals surface area contributed by atoms with Gasteiger partial charge in [-0.05, 0) is 44.4 Å². The number of anilines is 2. The average Bonchev–Trinajstić information content (AvgIpc) is 2.99. The fourth-order valence-corrected chi connectivity index (χ4v) is 3.91. The Morgan fingerprint density at radius 2 is 2.26 bits per heavy atom. The minimum Gasteiger partial charge on any atom is -0.331 e. The summed E-state index contributed by atoms with van der Waals surface area (Å²) < 4.78 is 0. The van der Waals surface area contributed by atoms with Crippen molar-refractivity contribution in [2.24, 2.45) is 5.92 Å². The third-order valence-electron chi connectivity index (χ3n) is 4.20. The maximum Gasteiger partial charge on any atom is 0.187 e. The fraction of sp³-hybridized carbons (Fsp3) is 0.556. The molecule has 1 fully saturated rings. The van der Waals surface area contributed by atoms with Crippen LogP contribution in [0.2, 0.25) is 0 Å². The van der Waals surface area contributed by atoms with Gasteiger partial charge < -0.3 is 10.2 Å². The normalized spacial score (nSPS) is 19.2. The first kappa shape index (κ1) is 16.4. The van der Waals surface area contributed by atoms with Gasteiger partial charge in [-0.2, -0.15) is 0 Å². The van der Waals surface area contributed by atoms with Crippen LogP contribution in [0, 0.1) is 12.8 Å². The van der Waals surface area contributed by atoms with Crippen LogP contribution < -0.4 is 5.32 Å². The van der Waals surface area contributed by atoms with Crippen LogP contribution in [-0.4, -0.2) is 34.5 Å². The molecule has 4 nitrogen and oxygen atoms in total. The maximum atomic E-state index is 4.82. The van der Waals surface area contributed by atoms with Gasteiger partial charge in [-0.3, -0.25) is 4.98 Å². The van der Waals surface area contributed by atoms with Crippen LogP contribution in [0.25, 0.3) is 0 Å². The lowest BCUT2D eigenvalue weighted by Crippen LogP contribution is -2.37. The number of nitrogens with zero attached hydrogens (tertiary/aromatic N) is 3. The first-order valence-corrected chi connectivity index (χ1v) is 9.35. The summed E-state index contributed by atoms with van der Waals surface area (Å²) in [6, 6.07) is 4.30. The average molecular weight is 331 g/mol. The van der Waals surface area contributed by atoms with E-state index >= 15 is 0 Å². The second-order valence-electron chi connectivity index (χ2n) is 6.88. The van der Waals surface area contributed by atoms with Crippen molar-refractivity contribution >= 4 is 22.2 Å². The molecule has 0 spiro atoms. The van der Waals surface area contributed by atoms with Gasteiger partial charge in [0.2, 0.25) is 0 Å².